The van der Waals surface area contributed by atoms with Gasteiger partial charge in [0.1, 0.15) is 10.8 Å². The lowest BCUT2D eigenvalue weighted by Gasteiger charge is -2.20. The lowest BCUT2D eigenvalue weighted by molar-refractivity contribution is 0.0636. The summed E-state index contributed by atoms with van der Waals surface area (Å²) in [6.07, 6.45) is 4.48. The van der Waals surface area contributed by atoms with Crippen LogP contribution in [0.1, 0.15) is 45.6 Å². The first-order chi connectivity index (χ1) is 9.83. The van der Waals surface area contributed by atoms with Crippen LogP contribution in [0.15, 0.2) is 12.3 Å². The minimum atomic E-state index is -0.554. The van der Waals surface area contributed by atoms with E-state index in [2.05, 4.69) is 22.1 Å². The zero-order valence-electron chi connectivity index (χ0n) is 12.5. The third kappa shape index (κ3) is 4.95. The summed E-state index contributed by atoms with van der Waals surface area (Å²) in [5.41, 5.74) is 0.620. The number of carbonyl (C=O) groups excluding carboxylic acids is 1. The molecule has 2 rings (SSSR count). The number of amides is 1. The minimum absolute atomic E-state index is 0.350. The molecular formula is C16H19ClN2O2. The Morgan fingerprint density at radius 1 is 1.48 bits per heavy atom. The highest BCUT2D eigenvalue weighted by atomic mass is 35.5. The first-order valence-electron chi connectivity index (χ1n) is 7.00. The molecule has 1 aliphatic carbocycles. The van der Waals surface area contributed by atoms with Gasteiger partial charge >= 0.3 is 6.09 Å². The summed E-state index contributed by atoms with van der Waals surface area (Å²) in [5.74, 6) is 6.73. The summed E-state index contributed by atoms with van der Waals surface area (Å²) in [7, 11) is 0. The third-order valence-corrected chi connectivity index (χ3v) is 3.23. The largest absolute Gasteiger partial charge is 0.444 e. The van der Waals surface area contributed by atoms with Crippen LogP contribution in [-0.4, -0.2) is 16.7 Å². The second kappa shape index (κ2) is 6.36. The molecule has 1 aromatic rings. The Balaban J connectivity index is 2.14. The maximum absolute atomic E-state index is 11.8. The molecule has 0 unspecified atom stereocenters. The van der Waals surface area contributed by atoms with Crippen LogP contribution in [0.2, 0.25) is 5.15 Å². The number of hydrogen-bond donors (Lipinski definition) is 1. The van der Waals surface area contributed by atoms with E-state index in [-0.39, 0.29) is 0 Å². The molecule has 1 fully saturated rings. The first kappa shape index (κ1) is 15.7. The zero-order valence-corrected chi connectivity index (χ0v) is 13.3. The van der Waals surface area contributed by atoms with Gasteiger partial charge in [0, 0.05) is 5.92 Å². The number of ether oxygens (including phenoxy) is 1. The molecule has 0 atom stereocenters. The van der Waals surface area contributed by atoms with Crippen molar-refractivity contribution in [2.75, 3.05) is 5.32 Å². The minimum Gasteiger partial charge on any atom is -0.444 e. The monoisotopic (exact) mass is 306 g/mol. The average molecular weight is 307 g/mol. The number of pyridine rings is 1. The predicted molar refractivity (Wildman–Crippen MR) is 83.3 cm³/mol. The second-order valence-electron chi connectivity index (χ2n) is 6.08. The molecule has 1 aromatic heterocycles. The normalized spacial score (nSPS) is 14.7. The van der Waals surface area contributed by atoms with E-state index in [4.69, 9.17) is 16.3 Å². The number of nitrogens with zero attached hydrogens (tertiary/aromatic N) is 1. The van der Waals surface area contributed by atoms with Crippen LogP contribution >= 0.6 is 11.6 Å². The van der Waals surface area contributed by atoms with E-state index in [1.165, 1.54) is 12.6 Å². The average Bonchev–Trinajstić information content (AvgIpc) is 2.28. The van der Waals surface area contributed by atoms with Crippen molar-refractivity contribution in [3.05, 3.63) is 23.0 Å². The van der Waals surface area contributed by atoms with Crippen LogP contribution in [0.4, 0.5) is 10.5 Å². The molecule has 0 aliphatic heterocycles. The summed E-state index contributed by atoms with van der Waals surface area (Å²) in [6, 6.07) is 1.65. The van der Waals surface area contributed by atoms with E-state index in [9.17, 15) is 4.79 Å². The summed E-state index contributed by atoms with van der Waals surface area (Å²) >= 11 is 5.90. The maximum atomic E-state index is 11.8. The SMILES string of the molecule is CC(C)(C)OC(=O)Nc1cnc(Cl)cc1C#CC1CCC1. The molecule has 0 radical (unpaired) electrons. The zero-order chi connectivity index (χ0) is 15.5. The van der Waals surface area contributed by atoms with Gasteiger partial charge in [-0.3, -0.25) is 5.32 Å². The highest BCUT2D eigenvalue weighted by molar-refractivity contribution is 6.29. The van der Waals surface area contributed by atoms with Crippen LogP contribution in [-0.2, 0) is 4.74 Å². The number of nitrogens with one attached hydrogen (secondary N) is 1. The second-order valence-corrected chi connectivity index (χ2v) is 6.46. The molecular weight excluding hydrogens is 288 g/mol. The molecule has 1 amide bonds. The quantitative estimate of drug-likeness (QED) is 0.624. The molecule has 1 aliphatic rings. The van der Waals surface area contributed by atoms with Gasteiger partial charge in [0.05, 0.1) is 17.4 Å². The standard InChI is InChI=1S/C16H19ClN2O2/c1-16(2,3)21-15(20)19-13-10-18-14(17)9-12(13)8-7-11-5-4-6-11/h9-11H,4-6H2,1-3H3,(H,19,20). The van der Waals surface area contributed by atoms with E-state index in [1.54, 1.807) is 6.07 Å². The van der Waals surface area contributed by atoms with Crippen molar-refractivity contribution in [3.8, 4) is 11.8 Å². The van der Waals surface area contributed by atoms with Gasteiger partial charge in [-0.15, -0.1) is 0 Å². The van der Waals surface area contributed by atoms with Crippen molar-refractivity contribution >= 4 is 23.4 Å². The molecule has 1 N–H and O–H groups in total. The molecule has 0 aromatic carbocycles. The Labute approximate surface area is 130 Å². The highest BCUT2D eigenvalue weighted by Crippen LogP contribution is 2.26. The van der Waals surface area contributed by atoms with E-state index < -0.39 is 11.7 Å². The molecule has 0 saturated heterocycles. The number of halogens is 1. The molecule has 4 nitrogen and oxygen atoms in total. The van der Waals surface area contributed by atoms with Crippen LogP contribution < -0.4 is 5.32 Å². The predicted octanol–water partition coefficient (Wildman–Crippen LogP) is 4.23. The molecule has 0 bridgehead atoms. The van der Waals surface area contributed by atoms with Crippen LogP contribution in [0.5, 0.6) is 0 Å². The fourth-order valence-electron chi connectivity index (χ4n) is 1.78. The topological polar surface area (TPSA) is 51.2 Å². The summed E-state index contributed by atoms with van der Waals surface area (Å²) in [6.45, 7) is 5.43. The fourth-order valence-corrected chi connectivity index (χ4v) is 1.94. The molecule has 1 heterocycles. The fraction of sp³-hybridized carbons (Fsp3) is 0.500. The summed E-state index contributed by atoms with van der Waals surface area (Å²) < 4.78 is 5.23. The van der Waals surface area contributed by atoms with Gasteiger partial charge < -0.3 is 4.74 Å². The smallest absolute Gasteiger partial charge is 0.412 e. The van der Waals surface area contributed by atoms with Gasteiger partial charge in [-0.2, -0.15) is 0 Å². The maximum Gasteiger partial charge on any atom is 0.412 e. The van der Waals surface area contributed by atoms with Gasteiger partial charge in [-0.1, -0.05) is 29.9 Å². The lowest BCUT2D eigenvalue weighted by atomic mass is 9.86. The van der Waals surface area contributed by atoms with Crippen molar-refractivity contribution in [1.29, 1.82) is 0 Å². The Hall–Kier alpha value is -1.73. The van der Waals surface area contributed by atoms with Crippen molar-refractivity contribution in [2.24, 2.45) is 5.92 Å². The summed E-state index contributed by atoms with van der Waals surface area (Å²) in [5, 5.41) is 3.02. The van der Waals surface area contributed by atoms with Gasteiger partial charge in [0.15, 0.2) is 0 Å². The number of anilines is 1. The van der Waals surface area contributed by atoms with Crippen LogP contribution in [0.25, 0.3) is 0 Å². The molecule has 1 saturated carbocycles. The molecule has 5 heteroatoms. The highest BCUT2D eigenvalue weighted by Gasteiger charge is 2.18. The van der Waals surface area contributed by atoms with Crippen molar-refractivity contribution in [1.82, 2.24) is 4.98 Å². The third-order valence-electron chi connectivity index (χ3n) is 3.02. The Kier molecular flexibility index (Phi) is 4.74. The van der Waals surface area contributed by atoms with Gasteiger partial charge in [-0.05, 0) is 39.7 Å². The number of rotatable bonds is 1. The number of carbonyl (C=O) groups is 1. The van der Waals surface area contributed by atoms with Crippen LogP contribution in [0, 0.1) is 17.8 Å². The van der Waals surface area contributed by atoms with Crippen molar-refractivity contribution in [3.63, 3.8) is 0 Å². The van der Waals surface area contributed by atoms with E-state index in [0.717, 1.165) is 12.8 Å². The first-order valence-corrected chi connectivity index (χ1v) is 7.38. The Bertz CT molecular complexity index is 593. The van der Waals surface area contributed by atoms with Crippen LogP contribution in [0.3, 0.4) is 0 Å². The van der Waals surface area contributed by atoms with E-state index >= 15 is 0 Å². The van der Waals surface area contributed by atoms with Crippen molar-refractivity contribution in [2.45, 2.75) is 45.6 Å². The van der Waals surface area contributed by atoms with Gasteiger partial charge in [-0.25, -0.2) is 9.78 Å². The van der Waals surface area contributed by atoms with E-state index in [0.29, 0.717) is 22.3 Å². The number of aromatic nitrogens is 1. The summed E-state index contributed by atoms with van der Waals surface area (Å²) in [4.78, 5) is 15.8. The molecule has 112 valence electrons. The molecule has 0 spiro atoms. The molecule has 21 heavy (non-hydrogen) atoms. The van der Waals surface area contributed by atoms with Gasteiger partial charge in [0.2, 0.25) is 0 Å². The number of hydrogen-bond acceptors (Lipinski definition) is 3. The Morgan fingerprint density at radius 2 is 2.19 bits per heavy atom. The Morgan fingerprint density at radius 3 is 2.76 bits per heavy atom. The van der Waals surface area contributed by atoms with Gasteiger partial charge in [0.25, 0.3) is 0 Å². The van der Waals surface area contributed by atoms with E-state index in [1.807, 2.05) is 20.8 Å². The lowest BCUT2D eigenvalue weighted by Crippen LogP contribution is -2.27. The van der Waals surface area contributed by atoms with Crippen molar-refractivity contribution < 1.29 is 9.53 Å².